The number of hydrogen-bond donors (Lipinski definition) is 1. The van der Waals surface area contributed by atoms with E-state index in [-0.39, 0.29) is 4.90 Å². The maximum atomic E-state index is 11.3. The van der Waals surface area contributed by atoms with E-state index in [0.717, 1.165) is 5.69 Å². The Bertz CT molecular complexity index is 594. The average molecular weight is 249 g/mol. The van der Waals surface area contributed by atoms with Crippen LogP contribution in [-0.2, 0) is 9.84 Å². The highest BCUT2D eigenvalue weighted by Gasteiger charge is 2.06. The molecular formula is C11H11N3O2S. The molecule has 1 N–H and O–H groups in total. The predicted octanol–water partition coefficient (Wildman–Crippen LogP) is 1.62. The van der Waals surface area contributed by atoms with Crippen molar-refractivity contribution in [3.05, 3.63) is 42.7 Å². The molecule has 0 fully saturated rings. The van der Waals surface area contributed by atoms with Gasteiger partial charge in [0.2, 0.25) is 5.95 Å². The molecule has 0 saturated carbocycles. The fourth-order valence-corrected chi connectivity index (χ4v) is 1.91. The van der Waals surface area contributed by atoms with Gasteiger partial charge in [0, 0.05) is 24.3 Å². The third-order valence-electron chi connectivity index (χ3n) is 2.10. The summed E-state index contributed by atoms with van der Waals surface area (Å²) < 4.78 is 22.5. The van der Waals surface area contributed by atoms with Crippen molar-refractivity contribution in [2.24, 2.45) is 0 Å². The van der Waals surface area contributed by atoms with E-state index in [0.29, 0.717) is 5.95 Å². The van der Waals surface area contributed by atoms with E-state index in [4.69, 9.17) is 0 Å². The molecule has 1 aromatic heterocycles. The molecule has 0 saturated heterocycles. The van der Waals surface area contributed by atoms with Crippen molar-refractivity contribution < 1.29 is 8.42 Å². The van der Waals surface area contributed by atoms with Gasteiger partial charge in [0.1, 0.15) is 0 Å². The summed E-state index contributed by atoms with van der Waals surface area (Å²) in [4.78, 5) is 8.30. The van der Waals surface area contributed by atoms with Crippen molar-refractivity contribution in [3.63, 3.8) is 0 Å². The number of sulfone groups is 1. The van der Waals surface area contributed by atoms with Crippen LogP contribution < -0.4 is 5.32 Å². The Kier molecular flexibility index (Phi) is 3.06. The van der Waals surface area contributed by atoms with Crippen molar-refractivity contribution in [2.75, 3.05) is 11.6 Å². The lowest BCUT2D eigenvalue weighted by Gasteiger charge is -2.04. The summed E-state index contributed by atoms with van der Waals surface area (Å²) in [6, 6.07) is 8.15. The monoisotopic (exact) mass is 249 g/mol. The second kappa shape index (κ2) is 4.50. The van der Waals surface area contributed by atoms with Gasteiger partial charge in [-0.25, -0.2) is 18.4 Å². The highest BCUT2D eigenvalue weighted by molar-refractivity contribution is 7.90. The van der Waals surface area contributed by atoms with Gasteiger partial charge in [-0.2, -0.15) is 0 Å². The first-order valence-corrected chi connectivity index (χ1v) is 6.79. The molecule has 17 heavy (non-hydrogen) atoms. The zero-order chi connectivity index (χ0) is 12.3. The zero-order valence-corrected chi connectivity index (χ0v) is 9.98. The average Bonchev–Trinajstić information content (AvgIpc) is 2.30. The van der Waals surface area contributed by atoms with Crippen LogP contribution in [0.2, 0.25) is 0 Å². The standard InChI is InChI=1S/C11H11N3O2S/c1-17(15,16)10-5-3-9(4-6-10)14-11-12-7-2-8-13-11/h2-8H,1H3,(H,12,13,14). The van der Waals surface area contributed by atoms with Crippen LogP contribution in [0, 0.1) is 0 Å². The quantitative estimate of drug-likeness (QED) is 0.895. The number of anilines is 2. The summed E-state index contributed by atoms with van der Waals surface area (Å²) in [6.45, 7) is 0. The summed E-state index contributed by atoms with van der Waals surface area (Å²) in [5, 5.41) is 2.97. The maximum absolute atomic E-state index is 11.3. The zero-order valence-electron chi connectivity index (χ0n) is 9.16. The molecule has 0 amide bonds. The summed E-state index contributed by atoms with van der Waals surface area (Å²) in [7, 11) is -3.15. The van der Waals surface area contributed by atoms with Crippen molar-refractivity contribution in [1.82, 2.24) is 9.97 Å². The van der Waals surface area contributed by atoms with Crippen LogP contribution in [0.25, 0.3) is 0 Å². The SMILES string of the molecule is CS(=O)(=O)c1ccc(Nc2ncccn2)cc1. The van der Waals surface area contributed by atoms with Crippen LogP contribution in [0.15, 0.2) is 47.6 Å². The topological polar surface area (TPSA) is 72.0 Å². The van der Waals surface area contributed by atoms with E-state index < -0.39 is 9.84 Å². The highest BCUT2D eigenvalue weighted by Crippen LogP contribution is 2.16. The number of benzene rings is 1. The van der Waals surface area contributed by atoms with Crippen LogP contribution in [0.5, 0.6) is 0 Å². The van der Waals surface area contributed by atoms with Gasteiger partial charge < -0.3 is 5.32 Å². The summed E-state index contributed by atoms with van der Waals surface area (Å²) in [5.41, 5.74) is 0.739. The van der Waals surface area contributed by atoms with Gasteiger partial charge in [-0.1, -0.05) is 0 Å². The van der Waals surface area contributed by atoms with Crippen molar-refractivity contribution in [2.45, 2.75) is 4.90 Å². The molecule has 0 aliphatic carbocycles. The Labute approximate surface area is 99.5 Å². The van der Waals surface area contributed by atoms with Crippen LogP contribution in [-0.4, -0.2) is 24.6 Å². The lowest BCUT2D eigenvalue weighted by Crippen LogP contribution is -1.98. The molecule has 2 aromatic rings. The second-order valence-electron chi connectivity index (χ2n) is 3.49. The number of rotatable bonds is 3. The van der Waals surface area contributed by atoms with Gasteiger partial charge in [-0.15, -0.1) is 0 Å². The summed E-state index contributed by atoms with van der Waals surface area (Å²) >= 11 is 0. The van der Waals surface area contributed by atoms with E-state index in [9.17, 15) is 8.42 Å². The lowest BCUT2D eigenvalue weighted by molar-refractivity contribution is 0.602. The molecule has 0 spiro atoms. The van der Waals surface area contributed by atoms with Crippen LogP contribution >= 0.6 is 0 Å². The van der Waals surface area contributed by atoms with Gasteiger partial charge in [0.05, 0.1) is 4.90 Å². The fourth-order valence-electron chi connectivity index (χ4n) is 1.28. The Hall–Kier alpha value is -1.95. The van der Waals surface area contributed by atoms with E-state index >= 15 is 0 Å². The van der Waals surface area contributed by atoms with Gasteiger partial charge in [0.15, 0.2) is 9.84 Å². The molecule has 5 nitrogen and oxygen atoms in total. The molecule has 2 rings (SSSR count). The molecule has 0 unspecified atom stereocenters. The Morgan fingerprint density at radius 2 is 1.65 bits per heavy atom. The minimum Gasteiger partial charge on any atom is -0.324 e. The molecule has 0 bridgehead atoms. The number of hydrogen-bond acceptors (Lipinski definition) is 5. The Balaban J connectivity index is 2.20. The van der Waals surface area contributed by atoms with E-state index in [1.165, 1.54) is 6.26 Å². The largest absolute Gasteiger partial charge is 0.324 e. The Morgan fingerprint density at radius 1 is 1.06 bits per heavy atom. The molecule has 6 heteroatoms. The van der Waals surface area contributed by atoms with Gasteiger partial charge in [0.25, 0.3) is 0 Å². The third kappa shape index (κ3) is 3.01. The van der Waals surface area contributed by atoms with E-state index in [2.05, 4.69) is 15.3 Å². The maximum Gasteiger partial charge on any atom is 0.227 e. The lowest BCUT2D eigenvalue weighted by atomic mass is 10.3. The molecular weight excluding hydrogens is 238 g/mol. The number of nitrogens with one attached hydrogen (secondary N) is 1. The van der Waals surface area contributed by atoms with Crippen molar-refractivity contribution in [1.29, 1.82) is 0 Å². The first kappa shape index (κ1) is 11.5. The molecule has 1 aromatic carbocycles. The van der Waals surface area contributed by atoms with Crippen molar-refractivity contribution >= 4 is 21.5 Å². The molecule has 0 aliphatic rings. The first-order valence-electron chi connectivity index (χ1n) is 4.90. The molecule has 0 radical (unpaired) electrons. The van der Waals surface area contributed by atoms with Crippen LogP contribution in [0.3, 0.4) is 0 Å². The summed E-state index contributed by atoms with van der Waals surface area (Å²) in [5.74, 6) is 0.472. The second-order valence-corrected chi connectivity index (χ2v) is 5.51. The number of aromatic nitrogens is 2. The minimum atomic E-state index is -3.15. The van der Waals surface area contributed by atoms with Crippen molar-refractivity contribution in [3.8, 4) is 0 Å². The molecule has 0 aliphatic heterocycles. The smallest absolute Gasteiger partial charge is 0.227 e. The van der Waals surface area contributed by atoms with Crippen LogP contribution in [0.1, 0.15) is 0 Å². The van der Waals surface area contributed by atoms with Gasteiger partial charge >= 0.3 is 0 Å². The number of nitrogens with zero attached hydrogens (tertiary/aromatic N) is 2. The summed E-state index contributed by atoms with van der Waals surface area (Å²) in [6.07, 6.45) is 4.43. The minimum absolute atomic E-state index is 0.289. The highest BCUT2D eigenvalue weighted by atomic mass is 32.2. The normalized spacial score (nSPS) is 11.1. The fraction of sp³-hybridized carbons (Fsp3) is 0.0909. The third-order valence-corrected chi connectivity index (χ3v) is 3.23. The first-order chi connectivity index (χ1) is 8.05. The van der Waals surface area contributed by atoms with Gasteiger partial charge in [-0.3, -0.25) is 0 Å². The Morgan fingerprint density at radius 3 is 2.18 bits per heavy atom. The van der Waals surface area contributed by atoms with E-state index in [1.54, 1.807) is 42.7 Å². The van der Waals surface area contributed by atoms with Gasteiger partial charge in [-0.05, 0) is 30.3 Å². The predicted molar refractivity (Wildman–Crippen MR) is 64.9 cm³/mol. The molecule has 1 heterocycles. The van der Waals surface area contributed by atoms with Crippen LogP contribution in [0.4, 0.5) is 11.6 Å². The van der Waals surface area contributed by atoms with E-state index in [1.807, 2.05) is 0 Å². The molecule has 88 valence electrons. The molecule has 0 atom stereocenters.